The molecule has 0 saturated heterocycles. The summed E-state index contributed by atoms with van der Waals surface area (Å²) < 4.78 is 10.4. The van der Waals surface area contributed by atoms with Gasteiger partial charge in [-0.3, -0.25) is 4.99 Å². The molecule has 2 rings (SSSR count). The van der Waals surface area contributed by atoms with Gasteiger partial charge in [0.05, 0.1) is 26.9 Å². The van der Waals surface area contributed by atoms with Crippen molar-refractivity contribution in [1.29, 1.82) is 0 Å². The maximum Gasteiger partial charge on any atom is 0.191 e. The zero-order chi connectivity index (χ0) is 20.4. The first-order chi connectivity index (χ1) is 13.6. The van der Waals surface area contributed by atoms with Crippen molar-refractivity contribution in [2.75, 3.05) is 33.9 Å². The minimum atomic E-state index is -0.707. The van der Waals surface area contributed by atoms with E-state index >= 15 is 0 Å². The second-order valence-corrected chi connectivity index (χ2v) is 6.55. The molecule has 0 aliphatic carbocycles. The van der Waals surface area contributed by atoms with E-state index in [0.29, 0.717) is 23.3 Å². The summed E-state index contributed by atoms with van der Waals surface area (Å²) in [6.45, 7) is 3.62. The minimum absolute atomic E-state index is 0.242. The number of halogens is 1. The van der Waals surface area contributed by atoms with Gasteiger partial charge in [-0.2, -0.15) is 0 Å². The summed E-state index contributed by atoms with van der Waals surface area (Å²) in [5, 5.41) is 17.5. The first kappa shape index (κ1) is 21.9. The van der Waals surface area contributed by atoms with Crippen molar-refractivity contribution in [2.45, 2.75) is 19.4 Å². The highest BCUT2D eigenvalue weighted by Gasteiger charge is 2.09. The summed E-state index contributed by atoms with van der Waals surface area (Å²) in [6.07, 6.45) is 0.0349. The number of aliphatic imine (C=N–C) groups is 1. The number of ether oxygens (including phenoxy) is 2. The second kappa shape index (κ2) is 11.4. The molecule has 6 nitrogen and oxygen atoms in total. The van der Waals surface area contributed by atoms with Crippen LogP contribution in [-0.4, -0.2) is 44.9 Å². The molecule has 0 bridgehead atoms. The van der Waals surface area contributed by atoms with Crippen LogP contribution < -0.4 is 20.1 Å². The Morgan fingerprint density at radius 1 is 1.11 bits per heavy atom. The number of guanidine groups is 1. The quantitative estimate of drug-likeness (QED) is 0.441. The Kier molecular flexibility index (Phi) is 8.91. The number of aliphatic hydroxyl groups excluding tert-OH is 1. The Bertz CT molecular complexity index is 783. The number of rotatable bonds is 9. The lowest BCUT2D eigenvalue weighted by molar-refractivity contribution is 0.186. The molecule has 2 aromatic rings. The summed E-state index contributed by atoms with van der Waals surface area (Å²) in [7, 11) is 3.22. The van der Waals surface area contributed by atoms with Crippen LogP contribution in [0.4, 0.5) is 0 Å². The monoisotopic (exact) mass is 405 g/mol. The van der Waals surface area contributed by atoms with Crippen LogP contribution in [0, 0.1) is 0 Å². The molecule has 7 heteroatoms. The number of nitrogens with one attached hydrogen (secondary N) is 2. The molecule has 0 amide bonds. The number of aliphatic hydroxyl groups is 1. The SMILES string of the molecule is CCNC(=NCC(O)c1cccc(OC)c1)NCCc1ccc(OC)cc1Cl. The van der Waals surface area contributed by atoms with Crippen molar-refractivity contribution in [3.05, 3.63) is 58.6 Å². The predicted molar refractivity (Wildman–Crippen MR) is 114 cm³/mol. The molecule has 0 spiro atoms. The van der Waals surface area contributed by atoms with E-state index in [1.165, 1.54) is 0 Å². The highest BCUT2D eigenvalue weighted by Crippen LogP contribution is 2.22. The molecule has 0 aromatic heterocycles. The third-order valence-corrected chi connectivity index (χ3v) is 4.54. The van der Waals surface area contributed by atoms with Crippen molar-refractivity contribution in [3.63, 3.8) is 0 Å². The number of methoxy groups -OCH3 is 2. The molecule has 1 unspecified atom stereocenters. The van der Waals surface area contributed by atoms with Gasteiger partial charge in [0, 0.05) is 18.1 Å². The average molecular weight is 406 g/mol. The average Bonchev–Trinajstić information content (AvgIpc) is 2.72. The van der Waals surface area contributed by atoms with E-state index in [2.05, 4.69) is 15.6 Å². The number of hydrogen-bond donors (Lipinski definition) is 3. The largest absolute Gasteiger partial charge is 0.497 e. The molecular formula is C21H28ClN3O3. The Balaban J connectivity index is 1.92. The fraction of sp³-hybridized carbons (Fsp3) is 0.381. The van der Waals surface area contributed by atoms with Gasteiger partial charge in [0.2, 0.25) is 0 Å². The van der Waals surface area contributed by atoms with Crippen LogP contribution in [0.15, 0.2) is 47.5 Å². The standard InChI is InChI=1S/C21H28ClN3O3/c1-4-23-21(24-11-10-15-8-9-18(28-3)13-19(15)22)25-14-20(26)16-6-5-7-17(12-16)27-2/h5-9,12-13,20,26H,4,10-11,14H2,1-3H3,(H2,23,24,25). The van der Waals surface area contributed by atoms with Gasteiger partial charge in [0.25, 0.3) is 0 Å². The predicted octanol–water partition coefficient (Wildman–Crippen LogP) is 3.19. The fourth-order valence-corrected chi connectivity index (χ4v) is 2.91. The van der Waals surface area contributed by atoms with Gasteiger partial charge in [-0.15, -0.1) is 0 Å². The summed E-state index contributed by atoms with van der Waals surface area (Å²) in [6, 6.07) is 13.0. The van der Waals surface area contributed by atoms with Crippen LogP contribution in [0.2, 0.25) is 5.02 Å². The minimum Gasteiger partial charge on any atom is -0.497 e. The lowest BCUT2D eigenvalue weighted by atomic mass is 10.1. The molecule has 0 aliphatic heterocycles. The van der Waals surface area contributed by atoms with Crippen LogP contribution >= 0.6 is 11.6 Å². The fourth-order valence-electron chi connectivity index (χ4n) is 2.65. The van der Waals surface area contributed by atoms with Crippen LogP contribution in [0.25, 0.3) is 0 Å². The molecule has 28 heavy (non-hydrogen) atoms. The van der Waals surface area contributed by atoms with E-state index in [4.69, 9.17) is 21.1 Å². The van der Waals surface area contributed by atoms with E-state index in [1.807, 2.05) is 43.3 Å². The first-order valence-electron chi connectivity index (χ1n) is 9.24. The van der Waals surface area contributed by atoms with Crippen molar-refractivity contribution >= 4 is 17.6 Å². The third kappa shape index (κ3) is 6.62. The summed E-state index contributed by atoms with van der Waals surface area (Å²) in [5.41, 5.74) is 1.80. The van der Waals surface area contributed by atoms with Crippen LogP contribution in [0.1, 0.15) is 24.2 Å². The second-order valence-electron chi connectivity index (χ2n) is 6.15. The maximum atomic E-state index is 10.4. The molecule has 1 atom stereocenters. The highest BCUT2D eigenvalue weighted by molar-refractivity contribution is 6.31. The first-order valence-corrected chi connectivity index (χ1v) is 9.61. The number of benzene rings is 2. The molecule has 0 heterocycles. The smallest absolute Gasteiger partial charge is 0.191 e. The van der Waals surface area contributed by atoms with Gasteiger partial charge in [0.1, 0.15) is 11.5 Å². The topological polar surface area (TPSA) is 75.1 Å². The Hall–Kier alpha value is -2.44. The Labute approximate surface area is 171 Å². The molecule has 0 saturated carbocycles. The molecule has 0 aliphatic rings. The Morgan fingerprint density at radius 2 is 1.86 bits per heavy atom. The summed E-state index contributed by atoms with van der Waals surface area (Å²) in [5.74, 6) is 2.10. The van der Waals surface area contributed by atoms with E-state index in [1.54, 1.807) is 20.3 Å². The molecule has 3 N–H and O–H groups in total. The van der Waals surface area contributed by atoms with Gasteiger partial charge in [-0.05, 0) is 48.7 Å². The zero-order valence-electron chi connectivity index (χ0n) is 16.5. The van der Waals surface area contributed by atoms with Gasteiger partial charge < -0.3 is 25.2 Å². The molecule has 0 radical (unpaired) electrons. The number of hydrogen-bond acceptors (Lipinski definition) is 4. The van der Waals surface area contributed by atoms with E-state index in [9.17, 15) is 5.11 Å². The third-order valence-electron chi connectivity index (χ3n) is 4.19. The van der Waals surface area contributed by atoms with Gasteiger partial charge in [0.15, 0.2) is 5.96 Å². The zero-order valence-corrected chi connectivity index (χ0v) is 17.3. The van der Waals surface area contributed by atoms with E-state index < -0.39 is 6.10 Å². The van der Waals surface area contributed by atoms with Gasteiger partial charge in [-0.25, -0.2) is 0 Å². The van der Waals surface area contributed by atoms with Crippen LogP contribution in [-0.2, 0) is 6.42 Å². The molecule has 2 aromatic carbocycles. The lowest BCUT2D eigenvalue weighted by Gasteiger charge is -2.14. The molecule has 152 valence electrons. The maximum absolute atomic E-state index is 10.4. The van der Waals surface area contributed by atoms with Crippen LogP contribution in [0.5, 0.6) is 11.5 Å². The van der Waals surface area contributed by atoms with Gasteiger partial charge in [-0.1, -0.05) is 29.8 Å². The molecular weight excluding hydrogens is 378 g/mol. The molecule has 0 fully saturated rings. The van der Waals surface area contributed by atoms with Crippen LogP contribution in [0.3, 0.4) is 0 Å². The Morgan fingerprint density at radius 3 is 2.54 bits per heavy atom. The van der Waals surface area contributed by atoms with Gasteiger partial charge >= 0.3 is 0 Å². The van der Waals surface area contributed by atoms with E-state index in [-0.39, 0.29) is 6.54 Å². The normalized spacial score (nSPS) is 12.4. The summed E-state index contributed by atoms with van der Waals surface area (Å²) >= 11 is 6.28. The van der Waals surface area contributed by atoms with Crippen molar-refractivity contribution < 1.29 is 14.6 Å². The van der Waals surface area contributed by atoms with Crippen molar-refractivity contribution in [1.82, 2.24) is 10.6 Å². The van der Waals surface area contributed by atoms with E-state index in [0.717, 1.165) is 29.8 Å². The van der Waals surface area contributed by atoms with Crippen molar-refractivity contribution in [3.8, 4) is 11.5 Å². The number of nitrogens with zero attached hydrogens (tertiary/aromatic N) is 1. The lowest BCUT2D eigenvalue weighted by Crippen LogP contribution is -2.38. The van der Waals surface area contributed by atoms with Crippen molar-refractivity contribution in [2.24, 2.45) is 4.99 Å². The highest BCUT2D eigenvalue weighted by atomic mass is 35.5. The summed E-state index contributed by atoms with van der Waals surface area (Å²) in [4.78, 5) is 4.48.